The first-order chi connectivity index (χ1) is 14.5. The number of nitrogens with one attached hydrogen (secondary N) is 1. The molecular weight excluding hydrogens is 398 g/mol. The Balaban J connectivity index is 1.79. The van der Waals surface area contributed by atoms with E-state index < -0.39 is 24.3 Å². The molecule has 2 aliphatic heterocycles. The molecule has 0 saturated carbocycles. The summed E-state index contributed by atoms with van der Waals surface area (Å²) in [6.07, 6.45) is 0.815. The van der Waals surface area contributed by atoms with Gasteiger partial charge in [-0.25, -0.2) is 4.79 Å². The number of ether oxygens (including phenoxy) is 5. The van der Waals surface area contributed by atoms with Gasteiger partial charge in [0.1, 0.15) is 31.4 Å². The van der Waals surface area contributed by atoms with E-state index in [-0.39, 0.29) is 25.7 Å². The molecule has 0 aliphatic carbocycles. The number of nitrogens with zero attached hydrogens (tertiary/aromatic N) is 4. The van der Waals surface area contributed by atoms with Crippen LogP contribution in [0.2, 0.25) is 0 Å². The fourth-order valence-corrected chi connectivity index (χ4v) is 2.85. The molecule has 1 N–H and O–H groups in total. The molecule has 166 valence electrons. The molecule has 0 aromatic rings. The molecule has 3 atom stereocenters. The normalized spacial score (nSPS) is 23.6. The molecule has 30 heavy (non-hydrogen) atoms. The van der Waals surface area contributed by atoms with Crippen LogP contribution in [0.15, 0.2) is 29.3 Å². The second-order valence-corrected chi connectivity index (χ2v) is 6.60. The Kier molecular flexibility index (Phi) is 9.58. The van der Waals surface area contributed by atoms with Crippen molar-refractivity contribution in [3.63, 3.8) is 0 Å². The summed E-state index contributed by atoms with van der Waals surface area (Å²) in [5.74, 6) is -0.450. The lowest BCUT2D eigenvalue weighted by Gasteiger charge is -2.32. The van der Waals surface area contributed by atoms with Gasteiger partial charge in [-0.1, -0.05) is 11.7 Å². The first-order valence-electron chi connectivity index (χ1n) is 9.43. The van der Waals surface area contributed by atoms with Gasteiger partial charge in [0.05, 0.1) is 32.5 Å². The number of esters is 1. The van der Waals surface area contributed by atoms with Crippen molar-refractivity contribution in [3.05, 3.63) is 34.6 Å². The summed E-state index contributed by atoms with van der Waals surface area (Å²) in [5, 5.41) is 6.37. The van der Waals surface area contributed by atoms with E-state index in [1.54, 1.807) is 25.1 Å². The molecule has 3 unspecified atom stereocenters. The van der Waals surface area contributed by atoms with E-state index >= 15 is 0 Å². The molecule has 2 heterocycles. The fourth-order valence-electron chi connectivity index (χ4n) is 2.85. The molecule has 12 heteroatoms. The molecule has 0 radical (unpaired) electrons. The first-order valence-corrected chi connectivity index (χ1v) is 9.43. The van der Waals surface area contributed by atoms with Crippen LogP contribution in [0.25, 0.3) is 10.4 Å². The van der Waals surface area contributed by atoms with Crippen LogP contribution in [0, 0.1) is 0 Å². The van der Waals surface area contributed by atoms with E-state index in [2.05, 4.69) is 21.9 Å². The summed E-state index contributed by atoms with van der Waals surface area (Å²) in [6, 6.07) is -0.540. The molecule has 12 nitrogen and oxygen atoms in total. The molecular formula is C18H27N5O7. The Morgan fingerprint density at radius 2 is 2.13 bits per heavy atom. The van der Waals surface area contributed by atoms with Crippen molar-refractivity contribution in [3.8, 4) is 0 Å². The Morgan fingerprint density at radius 3 is 2.87 bits per heavy atom. The maximum absolute atomic E-state index is 11.9. The third-order valence-electron chi connectivity index (χ3n) is 4.41. The monoisotopic (exact) mass is 425 g/mol. The van der Waals surface area contributed by atoms with Gasteiger partial charge in [0.2, 0.25) is 0 Å². The maximum atomic E-state index is 11.9. The zero-order valence-electron chi connectivity index (χ0n) is 17.1. The quantitative estimate of drug-likeness (QED) is 0.159. The minimum absolute atomic E-state index is 0.0951. The van der Waals surface area contributed by atoms with Gasteiger partial charge in [-0.05, 0) is 12.5 Å². The van der Waals surface area contributed by atoms with E-state index in [4.69, 9.17) is 29.2 Å². The summed E-state index contributed by atoms with van der Waals surface area (Å²) >= 11 is 0. The highest BCUT2D eigenvalue weighted by Crippen LogP contribution is 2.29. The Hall–Kier alpha value is -2.63. The Morgan fingerprint density at radius 1 is 1.40 bits per heavy atom. The van der Waals surface area contributed by atoms with Crippen molar-refractivity contribution < 1.29 is 33.3 Å². The lowest BCUT2D eigenvalue weighted by Crippen LogP contribution is -2.42. The van der Waals surface area contributed by atoms with Crippen LogP contribution >= 0.6 is 0 Å². The zero-order chi connectivity index (χ0) is 21.9. The van der Waals surface area contributed by atoms with E-state index in [1.807, 2.05) is 0 Å². The number of hydrogen-bond acceptors (Lipinski definition) is 9. The van der Waals surface area contributed by atoms with Crippen LogP contribution in [0.5, 0.6) is 0 Å². The molecule has 2 aliphatic rings. The number of methoxy groups -OCH3 is 1. The fraction of sp³-hybridized carbons (Fsp3) is 0.667. The van der Waals surface area contributed by atoms with Crippen molar-refractivity contribution in [1.29, 1.82) is 0 Å². The van der Waals surface area contributed by atoms with Crippen molar-refractivity contribution in [1.82, 2.24) is 10.2 Å². The minimum Gasteiger partial charge on any atom is -0.461 e. The van der Waals surface area contributed by atoms with Crippen molar-refractivity contribution in [2.45, 2.75) is 31.7 Å². The highest BCUT2D eigenvalue weighted by molar-refractivity contribution is 5.94. The van der Waals surface area contributed by atoms with Crippen LogP contribution < -0.4 is 5.32 Å². The summed E-state index contributed by atoms with van der Waals surface area (Å²) in [7, 11) is 1.58. The molecule has 1 amide bonds. The average Bonchev–Trinajstić information content (AvgIpc) is 3.11. The molecule has 0 bridgehead atoms. The number of rotatable bonds is 12. The van der Waals surface area contributed by atoms with Gasteiger partial charge in [0.25, 0.3) is 5.91 Å². The molecule has 2 rings (SSSR count). The average molecular weight is 425 g/mol. The predicted molar refractivity (Wildman–Crippen MR) is 104 cm³/mol. The first kappa shape index (κ1) is 23.6. The SMILES string of the molecule is C=C1NC(=O)C(C)=CN1C1CC(N=[N+]=[N-])C(COC(=O)COCCOCCOC)O1. The largest absolute Gasteiger partial charge is 0.461 e. The van der Waals surface area contributed by atoms with E-state index in [0.717, 1.165) is 0 Å². The van der Waals surface area contributed by atoms with Gasteiger partial charge in [-0.15, -0.1) is 0 Å². The van der Waals surface area contributed by atoms with Crippen LogP contribution in [-0.2, 0) is 33.3 Å². The Labute approximate surface area is 174 Å². The van der Waals surface area contributed by atoms with E-state index in [9.17, 15) is 9.59 Å². The van der Waals surface area contributed by atoms with E-state index in [0.29, 0.717) is 37.6 Å². The lowest BCUT2D eigenvalue weighted by molar-refractivity contribution is -0.154. The molecule has 0 aromatic carbocycles. The molecule has 1 saturated heterocycles. The smallest absolute Gasteiger partial charge is 0.332 e. The van der Waals surface area contributed by atoms with Crippen molar-refractivity contribution in [2.24, 2.45) is 5.11 Å². The standard InChI is InChI=1S/C18H27N5O7/c1-12-9-23(13(2)20-18(12)25)16-8-14(21-22-19)15(30-16)10-29-17(24)11-28-7-6-27-5-4-26-3/h9,14-16H,2,4-8,10-11H2,1,3H3,(H,20,25). The highest BCUT2D eigenvalue weighted by atomic mass is 16.6. The van der Waals surface area contributed by atoms with Crippen LogP contribution in [0.3, 0.4) is 0 Å². The maximum Gasteiger partial charge on any atom is 0.332 e. The van der Waals surface area contributed by atoms with Crippen molar-refractivity contribution >= 4 is 11.9 Å². The van der Waals surface area contributed by atoms with Gasteiger partial charge in [0.15, 0.2) is 0 Å². The number of azide groups is 1. The van der Waals surface area contributed by atoms with Crippen molar-refractivity contribution in [2.75, 3.05) is 46.8 Å². The summed E-state index contributed by atoms with van der Waals surface area (Å²) < 4.78 is 26.3. The predicted octanol–water partition coefficient (Wildman–Crippen LogP) is 0.810. The number of carbonyl (C=O) groups excluding carboxylic acids is 2. The van der Waals surface area contributed by atoms with Gasteiger partial charge in [0, 0.05) is 30.2 Å². The van der Waals surface area contributed by atoms with Gasteiger partial charge >= 0.3 is 5.97 Å². The number of carbonyl (C=O) groups is 2. The van der Waals surface area contributed by atoms with Gasteiger partial charge in [-0.2, -0.15) is 0 Å². The highest BCUT2D eigenvalue weighted by Gasteiger charge is 2.39. The van der Waals surface area contributed by atoms with Gasteiger partial charge in [-0.3, -0.25) is 4.79 Å². The topological polar surface area (TPSA) is 144 Å². The lowest BCUT2D eigenvalue weighted by atomic mass is 10.1. The van der Waals surface area contributed by atoms with Crippen LogP contribution in [0.4, 0.5) is 0 Å². The molecule has 0 spiro atoms. The Bertz CT molecular complexity index is 707. The third-order valence-corrected chi connectivity index (χ3v) is 4.41. The summed E-state index contributed by atoms with van der Waals surface area (Å²) in [5.41, 5.74) is 9.31. The summed E-state index contributed by atoms with van der Waals surface area (Å²) in [6.45, 7) is 6.67. The second-order valence-electron chi connectivity index (χ2n) is 6.60. The number of amides is 1. The molecule has 0 aromatic heterocycles. The van der Waals surface area contributed by atoms with E-state index in [1.165, 1.54) is 0 Å². The van der Waals surface area contributed by atoms with Gasteiger partial charge < -0.3 is 33.9 Å². The zero-order valence-corrected chi connectivity index (χ0v) is 17.1. The summed E-state index contributed by atoms with van der Waals surface area (Å²) in [4.78, 5) is 28.1. The number of hydrogen-bond donors (Lipinski definition) is 1. The van der Waals surface area contributed by atoms with Crippen LogP contribution in [-0.4, -0.2) is 81.9 Å². The van der Waals surface area contributed by atoms with Crippen LogP contribution in [0.1, 0.15) is 13.3 Å². The minimum atomic E-state index is -0.633. The second kappa shape index (κ2) is 12.2. The third kappa shape index (κ3) is 7.01. The molecule has 1 fully saturated rings.